The molecule has 0 fully saturated rings. The molecule has 5 heteroatoms. The number of hydrogen-bond acceptors (Lipinski definition) is 3. The van der Waals surface area contributed by atoms with Gasteiger partial charge in [-0.25, -0.2) is 0 Å². The van der Waals surface area contributed by atoms with Crippen LogP contribution in [0.15, 0.2) is 24.5 Å². The van der Waals surface area contributed by atoms with Crippen LogP contribution in [0.3, 0.4) is 0 Å². The number of fused-ring (bicyclic) bond motifs is 1. The minimum absolute atomic E-state index is 0.284. The topological polar surface area (TPSA) is 92.0 Å². The molecule has 2 heterocycles. The number of aliphatic carboxylic acids is 1. The van der Waals surface area contributed by atoms with E-state index < -0.39 is 12.0 Å². The number of hydrogen-bond donors (Lipinski definition) is 3. The van der Waals surface area contributed by atoms with E-state index in [4.69, 9.17) is 10.8 Å². The highest BCUT2D eigenvalue weighted by Gasteiger charge is 2.14. The fourth-order valence-electron chi connectivity index (χ4n) is 1.49. The lowest BCUT2D eigenvalue weighted by Gasteiger charge is -2.03. The maximum absolute atomic E-state index is 10.6. The van der Waals surface area contributed by atoms with Gasteiger partial charge in [-0.1, -0.05) is 0 Å². The van der Waals surface area contributed by atoms with Gasteiger partial charge in [-0.3, -0.25) is 9.78 Å². The van der Waals surface area contributed by atoms with Crippen molar-refractivity contribution >= 4 is 17.0 Å². The molecule has 0 saturated carbocycles. The number of pyridine rings is 1. The number of rotatable bonds is 3. The van der Waals surface area contributed by atoms with Crippen molar-refractivity contribution in [3.8, 4) is 0 Å². The maximum Gasteiger partial charge on any atom is 0.320 e. The first-order chi connectivity index (χ1) is 7.18. The Bertz CT molecular complexity index is 492. The second-order valence-corrected chi connectivity index (χ2v) is 3.36. The number of carboxylic acid groups (broad SMARTS) is 1. The number of nitrogens with zero attached hydrogens (tertiary/aromatic N) is 1. The molecule has 5 nitrogen and oxygen atoms in total. The van der Waals surface area contributed by atoms with E-state index in [1.165, 1.54) is 0 Å². The van der Waals surface area contributed by atoms with Crippen LogP contribution in [0.4, 0.5) is 0 Å². The molecule has 0 radical (unpaired) electrons. The van der Waals surface area contributed by atoms with Crippen LogP contribution in [0.1, 0.15) is 5.56 Å². The summed E-state index contributed by atoms with van der Waals surface area (Å²) in [6.07, 6.45) is 3.71. The monoisotopic (exact) mass is 205 g/mol. The maximum atomic E-state index is 10.6. The Morgan fingerprint density at radius 3 is 3.20 bits per heavy atom. The van der Waals surface area contributed by atoms with Gasteiger partial charge in [-0.2, -0.15) is 0 Å². The molecule has 1 unspecified atom stereocenters. The van der Waals surface area contributed by atoms with Gasteiger partial charge in [0.15, 0.2) is 0 Å². The van der Waals surface area contributed by atoms with Gasteiger partial charge >= 0.3 is 5.97 Å². The van der Waals surface area contributed by atoms with Crippen molar-refractivity contribution in [1.82, 2.24) is 9.97 Å². The van der Waals surface area contributed by atoms with Gasteiger partial charge in [0.1, 0.15) is 6.04 Å². The number of nitrogens with two attached hydrogens (primary N) is 1. The third-order valence-electron chi connectivity index (χ3n) is 2.27. The number of carboxylic acids is 1. The zero-order chi connectivity index (χ0) is 10.8. The molecule has 78 valence electrons. The summed E-state index contributed by atoms with van der Waals surface area (Å²) in [5.41, 5.74) is 7.97. The van der Waals surface area contributed by atoms with Crippen molar-refractivity contribution in [1.29, 1.82) is 0 Å². The lowest BCUT2D eigenvalue weighted by atomic mass is 10.1. The number of aromatic nitrogens is 2. The van der Waals surface area contributed by atoms with Gasteiger partial charge < -0.3 is 15.8 Å². The van der Waals surface area contributed by atoms with Crippen molar-refractivity contribution in [3.63, 3.8) is 0 Å². The Balaban J connectivity index is 2.32. The minimum atomic E-state index is -1.000. The van der Waals surface area contributed by atoms with Crippen LogP contribution in [0.2, 0.25) is 0 Å². The summed E-state index contributed by atoms with van der Waals surface area (Å²) in [5.74, 6) is -1.000. The second kappa shape index (κ2) is 3.70. The van der Waals surface area contributed by atoms with Gasteiger partial charge in [-0.15, -0.1) is 0 Å². The lowest BCUT2D eigenvalue weighted by molar-refractivity contribution is -0.138. The molecule has 0 aliphatic rings. The Morgan fingerprint density at radius 1 is 1.67 bits per heavy atom. The zero-order valence-corrected chi connectivity index (χ0v) is 7.97. The first-order valence-electron chi connectivity index (χ1n) is 4.58. The van der Waals surface area contributed by atoms with Crippen molar-refractivity contribution in [2.75, 3.05) is 0 Å². The van der Waals surface area contributed by atoms with Crippen molar-refractivity contribution < 1.29 is 9.90 Å². The molecule has 0 spiro atoms. The van der Waals surface area contributed by atoms with Gasteiger partial charge in [0.05, 0.1) is 11.0 Å². The highest BCUT2D eigenvalue weighted by atomic mass is 16.4. The van der Waals surface area contributed by atoms with E-state index in [2.05, 4.69) is 9.97 Å². The van der Waals surface area contributed by atoms with Crippen LogP contribution in [-0.2, 0) is 11.2 Å². The predicted molar refractivity (Wildman–Crippen MR) is 55.4 cm³/mol. The molecule has 1 atom stereocenters. The molecule has 2 aromatic rings. The highest BCUT2D eigenvalue weighted by molar-refractivity contribution is 5.80. The average molecular weight is 205 g/mol. The summed E-state index contributed by atoms with van der Waals surface area (Å²) >= 11 is 0. The van der Waals surface area contributed by atoms with E-state index in [-0.39, 0.29) is 6.42 Å². The number of aromatic amines is 1. The molecule has 2 rings (SSSR count). The number of nitrogens with one attached hydrogen (secondary N) is 1. The summed E-state index contributed by atoms with van der Waals surface area (Å²) in [4.78, 5) is 17.8. The van der Waals surface area contributed by atoms with E-state index >= 15 is 0 Å². The van der Waals surface area contributed by atoms with Crippen LogP contribution in [0.25, 0.3) is 11.0 Å². The van der Waals surface area contributed by atoms with E-state index in [1.54, 1.807) is 12.4 Å². The minimum Gasteiger partial charge on any atom is -0.480 e. The first kappa shape index (κ1) is 9.67. The summed E-state index contributed by atoms with van der Waals surface area (Å²) in [5, 5.41) is 8.70. The fraction of sp³-hybridized carbons (Fsp3) is 0.200. The summed E-state index contributed by atoms with van der Waals surface area (Å²) in [7, 11) is 0. The number of carbonyl (C=O) groups is 1. The molecule has 0 saturated heterocycles. The second-order valence-electron chi connectivity index (χ2n) is 3.36. The SMILES string of the molecule is NC(Cc1c[nH]c2cccnc12)C(=O)O. The predicted octanol–water partition coefficient (Wildman–Crippen LogP) is 0.517. The zero-order valence-electron chi connectivity index (χ0n) is 7.97. The smallest absolute Gasteiger partial charge is 0.320 e. The van der Waals surface area contributed by atoms with Gasteiger partial charge in [0.2, 0.25) is 0 Å². The van der Waals surface area contributed by atoms with E-state index in [0.29, 0.717) is 0 Å². The fourth-order valence-corrected chi connectivity index (χ4v) is 1.49. The Morgan fingerprint density at radius 2 is 2.47 bits per heavy atom. The molecule has 2 aromatic heterocycles. The number of H-pyrrole nitrogens is 1. The van der Waals surface area contributed by atoms with Crippen molar-refractivity contribution in [2.24, 2.45) is 5.73 Å². The third kappa shape index (κ3) is 1.82. The molecule has 4 N–H and O–H groups in total. The Hall–Kier alpha value is -1.88. The standard InChI is InChI=1S/C10H11N3O2/c11-7(10(14)15)4-6-5-13-8-2-1-3-12-9(6)8/h1-3,5,7,13H,4,11H2,(H,14,15). The van der Waals surface area contributed by atoms with Crippen molar-refractivity contribution in [3.05, 3.63) is 30.1 Å². The first-order valence-corrected chi connectivity index (χ1v) is 4.58. The summed E-state index contributed by atoms with van der Waals surface area (Å²) in [6.45, 7) is 0. The van der Waals surface area contributed by atoms with Gasteiger partial charge in [0.25, 0.3) is 0 Å². The average Bonchev–Trinajstić information content (AvgIpc) is 2.62. The van der Waals surface area contributed by atoms with E-state index in [1.807, 2.05) is 12.1 Å². The van der Waals surface area contributed by atoms with Crippen LogP contribution in [0.5, 0.6) is 0 Å². The molecular weight excluding hydrogens is 194 g/mol. The lowest BCUT2D eigenvalue weighted by Crippen LogP contribution is -2.32. The van der Waals surface area contributed by atoms with Gasteiger partial charge in [0, 0.05) is 18.8 Å². The molecule has 0 aliphatic heterocycles. The molecular formula is C10H11N3O2. The third-order valence-corrected chi connectivity index (χ3v) is 2.27. The Kier molecular flexibility index (Phi) is 2.39. The van der Waals surface area contributed by atoms with Crippen LogP contribution in [-0.4, -0.2) is 27.1 Å². The van der Waals surface area contributed by atoms with Crippen LogP contribution >= 0.6 is 0 Å². The molecule has 0 aliphatic carbocycles. The quantitative estimate of drug-likeness (QED) is 0.681. The van der Waals surface area contributed by atoms with E-state index in [9.17, 15) is 4.79 Å². The van der Waals surface area contributed by atoms with Crippen LogP contribution < -0.4 is 5.73 Å². The highest BCUT2D eigenvalue weighted by Crippen LogP contribution is 2.15. The molecule has 0 amide bonds. The van der Waals surface area contributed by atoms with Gasteiger partial charge in [-0.05, 0) is 17.7 Å². The van der Waals surface area contributed by atoms with Crippen LogP contribution in [0, 0.1) is 0 Å². The molecule has 0 bridgehead atoms. The summed E-state index contributed by atoms with van der Waals surface area (Å²) < 4.78 is 0. The summed E-state index contributed by atoms with van der Waals surface area (Å²) in [6, 6.07) is 2.82. The largest absolute Gasteiger partial charge is 0.480 e. The molecule has 15 heavy (non-hydrogen) atoms. The normalized spacial score (nSPS) is 12.9. The van der Waals surface area contributed by atoms with E-state index in [0.717, 1.165) is 16.6 Å². The molecule has 0 aromatic carbocycles. The Labute approximate surface area is 85.9 Å². The van der Waals surface area contributed by atoms with Crippen molar-refractivity contribution in [2.45, 2.75) is 12.5 Å².